The number of esters is 1. The number of benzene rings is 1. The van der Waals surface area contributed by atoms with E-state index < -0.39 is 11.6 Å². The van der Waals surface area contributed by atoms with Crippen LogP contribution in [0.1, 0.15) is 19.4 Å². The van der Waals surface area contributed by atoms with Crippen molar-refractivity contribution in [2.75, 3.05) is 13.7 Å². The number of methoxy groups -OCH3 is 1. The zero-order valence-electron chi connectivity index (χ0n) is 11.1. The first-order chi connectivity index (χ1) is 8.48. The van der Waals surface area contributed by atoms with Gasteiger partial charge in [0.2, 0.25) is 0 Å². The fraction of sp³-hybridized carbons (Fsp3) is 0.500. The number of nitrogens with one attached hydrogen (secondary N) is 1. The number of rotatable bonds is 6. The molecule has 0 radical (unpaired) electrons. The van der Waals surface area contributed by atoms with Crippen molar-refractivity contribution >= 4 is 5.97 Å². The molecule has 0 heterocycles. The third-order valence-electron chi connectivity index (χ3n) is 2.73. The molecular weight excluding hydrogens is 230 g/mol. The van der Waals surface area contributed by atoms with Crippen molar-refractivity contribution in [3.63, 3.8) is 0 Å². The van der Waals surface area contributed by atoms with Gasteiger partial charge in [-0.1, -0.05) is 30.3 Å². The molecule has 18 heavy (non-hydrogen) atoms. The number of hydrogen-bond acceptors (Lipinski definition) is 4. The van der Waals surface area contributed by atoms with Crippen LogP contribution in [-0.4, -0.2) is 36.4 Å². The minimum Gasteiger partial charge on any atom is -0.468 e. The molecule has 2 N–H and O–H groups in total. The van der Waals surface area contributed by atoms with E-state index in [0.717, 1.165) is 5.56 Å². The Morgan fingerprint density at radius 2 is 2.00 bits per heavy atom. The summed E-state index contributed by atoms with van der Waals surface area (Å²) in [5.74, 6) is -0.319. The Labute approximate surface area is 108 Å². The maximum atomic E-state index is 11.7. The molecule has 0 bridgehead atoms. The lowest BCUT2D eigenvalue weighted by molar-refractivity contribution is -0.143. The summed E-state index contributed by atoms with van der Waals surface area (Å²) in [6.45, 7) is 3.64. The van der Waals surface area contributed by atoms with E-state index >= 15 is 0 Å². The lowest BCUT2D eigenvalue weighted by Gasteiger charge is -2.28. The first-order valence-corrected chi connectivity index (χ1v) is 5.99. The van der Waals surface area contributed by atoms with Crippen molar-refractivity contribution in [3.8, 4) is 0 Å². The van der Waals surface area contributed by atoms with Crippen LogP contribution in [0.2, 0.25) is 0 Å². The highest BCUT2D eigenvalue weighted by atomic mass is 16.5. The standard InChI is InChI=1S/C14H21NO3/c1-14(2,10-16)15-12(13(17)18-3)9-11-7-5-4-6-8-11/h4-8,12,15-16H,9-10H2,1-3H3/t12-/m1/s1. The van der Waals surface area contributed by atoms with Crippen LogP contribution in [0.3, 0.4) is 0 Å². The van der Waals surface area contributed by atoms with Gasteiger partial charge in [0.15, 0.2) is 0 Å². The van der Waals surface area contributed by atoms with Crippen LogP contribution >= 0.6 is 0 Å². The Kier molecular flexibility index (Phi) is 5.31. The average molecular weight is 251 g/mol. The van der Waals surface area contributed by atoms with Gasteiger partial charge < -0.3 is 9.84 Å². The van der Waals surface area contributed by atoms with E-state index in [-0.39, 0.29) is 12.6 Å². The summed E-state index contributed by atoms with van der Waals surface area (Å²) in [5, 5.41) is 12.4. The van der Waals surface area contributed by atoms with Gasteiger partial charge in [0.1, 0.15) is 6.04 Å². The van der Waals surface area contributed by atoms with Gasteiger partial charge in [-0.05, 0) is 25.8 Å². The SMILES string of the molecule is COC(=O)[C@@H](Cc1ccccc1)NC(C)(C)CO. The summed E-state index contributed by atoms with van der Waals surface area (Å²) >= 11 is 0. The lowest BCUT2D eigenvalue weighted by atomic mass is 10.0. The normalized spacial score (nSPS) is 13.1. The molecular formula is C14H21NO3. The van der Waals surface area contributed by atoms with Crippen LogP contribution in [0.15, 0.2) is 30.3 Å². The third-order valence-corrected chi connectivity index (χ3v) is 2.73. The molecule has 0 unspecified atom stereocenters. The summed E-state index contributed by atoms with van der Waals surface area (Å²) < 4.78 is 4.79. The highest BCUT2D eigenvalue weighted by Gasteiger charge is 2.27. The van der Waals surface area contributed by atoms with E-state index in [9.17, 15) is 9.90 Å². The van der Waals surface area contributed by atoms with Gasteiger partial charge in [-0.2, -0.15) is 0 Å². The molecule has 1 rings (SSSR count). The predicted octanol–water partition coefficient (Wildman–Crippen LogP) is 1.13. The monoisotopic (exact) mass is 251 g/mol. The Hall–Kier alpha value is -1.39. The number of aliphatic hydroxyl groups excluding tert-OH is 1. The zero-order chi connectivity index (χ0) is 13.6. The molecule has 0 aromatic heterocycles. The van der Waals surface area contributed by atoms with Gasteiger partial charge in [0.25, 0.3) is 0 Å². The van der Waals surface area contributed by atoms with Crippen LogP contribution in [0, 0.1) is 0 Å². The van der Waals surface area contributed by atoms with Crippen molar-refractivity contribution < 1.29 is 14.6 Å². The molecule has 0 fully saturated rings. The number of hydrogen-bond donors (Lipinski definition) is 2. The Bertz CT molecular complexity index is 376. The lowest BCUT2D eigenvalue weighted by Crippen LogP contribution is -2.52. The molecule has 0 aliphatic heterocycles. The Morgan fingerprint density at radius 1 is 1.39 bits per heavy atom. The summed E-state index contributed by atoms with van der Waals surface area (Å²) in [7, 11) is 1.37. The summed E-state index contributed by atoms with van der Waals surface area (Å²) in [6, 6.07) is 9.26. The topological polar surface area (TPSA) is 58.6 Å². The van der Waals surface area contributed by atoms with Crippen LogP contribution in [0.5, 0.6) is 0 Å². The van der Waals surface area contributed by atoms with Gasteiger partial charge in [0, 0.05) is 5.54 Å². The molecule has 0 spiro atoms. The smallest absolute Gasteiger partial charge is 0.323 e. The van der Waals surface area contributed by atoms with Gasteiger partial charge in [0.05, 0.1) is 13.7 Å². The van der Waals surface area contributed by atoms with E-state index in [1.165, 1.54) is 7.11 Å². The highest BCUT2D eigenvalue weighted by molar-refractivity contribution is 5.76. The van der Waals surface area contributed by atoms with Crippen molar-refractivity contribution in [1.82, 2.24) is 5.32 Å². The second kappa shape index (κ2) is 6.52. The Balaban J connectivity index is 2.77. The first kappa shape index (κ1) is 14.7. The second-order valence-corrected chi connectivity index (χ2v) is 4.95. The average Bonchev–Trinajstić information content (AvgIpc) is 2.38. The van der Waals surface area contributed by atoms with Crippen LogP contribution < -0.4 is 5.32 Å². The molecule has 1 atom stereocenters. The van der Waals surface area contributed by atoms with Crippen LogP contribution in [0.25, 0.3) is 0 Å². The zero-order valence-corrected chi connectivity index (χ0v) is 11.1. The second-order valence-electron chi connectivity index (χ2n) is 4.95. The summed E-state index contributed by atoms with van der Waals surface area (Å²) in [4.78, 5) is 11.7. The molecule has 4 heteroatoms. The van der Waals surface area contributed by atoms with Crippen LogP contribution in [-0.2, 0) is 16.0 Å². The molecule has 0 amide bonds. The minimum atomic E-state index is -0.520. The molecule has 0 saturated heterocycles. The largest absolute Gasteiger partial charge is 0.468 e. The van der Waals surface area contributed by atoms with Gasteiger partial charge in [-0.3, -0.25) is 10.1 Å². The van der Waals surface area contributed by atoms with Crippen molar-refractivity contribution in [2.24, 2.45) is 0 Å². The van der Waals surface area contributed by atoms with Crippen molar-refractivity contribution in [1.29, 1.82) is 0 Å². The quantitative estimate of drug-likeness (QED) is 0.744. The summed E-state index contributed by atoms with van der Waals surface area (Å²) in [5.41, 5.74) is 0.530. The highest BCUT2D eigenvalue weighted by Crippen LogP contribution is 2.09. The third kappa shape index (κ3) is 4.47. The van der Waals surface area contributed by atoms with E-state index in [0.29, 0.717) is 6.42 Å². The van der Waals surface area contributed by atoms with E-state index in [4.69, 9.17) is 4.74 Å². The van der Waals surface area contributed by atoms with Gasteiger partial charge in [-0.25, -0.2) is 0 Å². The fourth-order valence-corrected chi connectivity index (χ4v) is 1.70. The number of aliphatic hydroxyl groups is 1. The fourth-order valence-electron chi connectivity index (χ4n) is 1.70. The van der Waals surface area contributed by atoms with E-state index in [1.54, 1.807) is 0 Å². The Morgan fingerprint density at radius 3 is 2.50 bits per heavy atom. The maximum Gasteiger partial charge on any atom is 0.323 e. The van der Waals surface area contributed by atoms with Gasteiger partial charge in [-0.15, -0.1) is 0 Å². The minimum absolute atomic E-state index is 0.0463. The molecule has 1 aromatic rings. The first-order valence-electron chi connectivity index (χ1n) is 5.99. The number of ether oxygens (including phenoxy) is 1. The molecule has 100 valence electrons. The maximum absolute atomic E-state index is 11.7. The van der Waals surface area contributed by atoms with Crippen molar-refractivity contribution in [2.45, 2.75) is 31.8 Å². The molecule has 0 saturated carbocycles. The molecule has 0 aliphatic rings. The van der Waals surface area contributed by atoms with E-state index in [1.807, 2.05) is 44.2 Å². The number of carbonyl (C=O) groups is 1. The van der Waals surface area contributed by atoms with Crippen LogP contribution in [0.4, 0.5) is 0 Å². The molecule has 4 nitrogen and oxygen atoms in total. The summed E-state index contributed by atoms with van der Waals surface area (Å²) in [6.07, 6.45) is 0.539. The molecule has 1 aromatic carbocycles. The predicted molar refractivity (Wildman–Crippen MR) is 70.3 cm³/mol. The molecule has 0 aliphatic carbocycles. The van der Waals surface area contributed by atoms with Gasteiger partial charge >= 0.3 is 5.97 Å². The van der Waals surface area contributed by atoms with E-state index in [2.05, 4.69) is 5.32 Å². The number of carbonyl (C=O) groups excluding carboxylic acids is 1. The van der Waals surface area contributed by atoms with Crippen molar-refractivity contribution in [3.05, 3.63) is 35.9 Å².